The summed E-state index contributed by atoms with van der Waals surface area (Å²) in [5.74, 6) is -0.129. The molecule has 1 aliphatic rings. The molecule has 1 aliphatic carbocycles. The molecule has 4 rings (SSSR count). The molecule has 5 nitrogen and oxygen atoms in total. The zero-order chi connectivity index (χ0) is 18.1. The molecule has 0 saturated carbocycles. The van der Waals surface area contributed by atoms with Gasteiger partial charge in [0.25, 0.3) is 5.91 Å². The quantitative estimate of drug-likeness (QED) is 0.787. The van der Waals surface area contributed by atoms with Crippen molar-refractivity contribution < 1.29 is 4.79 Å². The molecule has 26 heavy (non-hydrogen) atoms. The minimum Gasteiger partial charge on any atom is -0.344 e. The van der Waals surface area contributed by atoms with E-state index in [0.29, 0.717) is 5.69 Å². The monoisotopic (exact) mass is 346 g/mol. The van der Waals surface area contributed by atoms with Gasteiger partial charge in [0.15, 0.2) is 0 Å². The SMILES string of the molecule is Cc1ccnc(C(=O)NC2CCCc3c2cnn3-c2ccccc2C)c1. The molecule has 0 spiro atoms. The number of aromatic nitrogens is 3. The molecule has 1 atom stereocenters. The lowest BCUT2D eigenvalue weighted by Crippen LogP contribution is -2.31. The average Bonchev–Trinajstić information content (AvgIpc) is 3.07. The average molecular weight is 346 g/mol. The van der Waals surface area contributed by atoms with E-state index in [1.807, 2.05) is 42.1 Å². The van der Waals surface area contributed by atoms with Crippen LogP contribution >= 0.6 is 0 Å². The predicted octanol–water partition coefficient (Wildman–Crippen LogP) is 3.69. The number of fused-ring (bicyclic) bond motifs is 1. The molecule has 5 heteroatoms. The number of carbonyl (C=O) groups excluding carboxylic acids is 1. The predicted molar refractivity (Wildman–Crippen MR) is 100 cm³/mol. The highest BCUT2D eigenvalue weighted by Crippen LogP contribution is 2.31. The van der Waals surface area contributed by atoms with Gasteiger partial charge in [-0.2, -0.15) is 5.10 Å². The molecular weight excluding hydrogens is 324 g/mol. The Morgan fingerprint density at radius 3 is 2.88 bits per heavy atom. The number of nitrogens with one attached hydrogen (secondary N) is 1. The van der Waals surface area contributed by atoms with Gasteiger partial charge in [0.1, 0.15) is 5.69 Å². The summed E-state index contributed by atoms with van der Waals surface area (Å²) < 4.78 is 2.02. The largest absolute Gasteiger partial charge is 0.344 e. The number of pyridine rings is 1. The molecule has 2 aromatic heterocycles. The van der Waals surface area contributed by atoms with E-state index in [2.05, 4.69) is 34.5 Å². The van der Waals surface area contributed by atoms with Gasteiger partial charge >= 0.3 is 0 Å². The lowest BCUT2D eigenvalue weighted by atomic mass is 9.92. The summed E-state index contributed by atoms with van der Waals surface area (Å²) in [4.78, 5) is 16.8. The Hall–Kier alpha value is -2.95. The molecule has 3 aromatic rings. The maximum Gasteiger partial charge on any atom is 0.270 e. The fourth-order valence-corrected chi connectivity index (χ4v) is 3.61. The van der Waals surface area contributed by atoms with Crippen LogP contribution in [0.1, 0.15) is 51.8 Å². The summed E-state index contributed by atoms with van der Waals surface area (Å²) in [6, 6.07) is 11.9. The molecule has 1 N–H and O–H groups in total. The van der Waals surface area contributed by atoms with Gasteiger partial charge in [-0.15, -0.1) is 0 Å². The molecule has 2 heterocycles. The molecule has 1 amide bonds. The number of aryl methyl sites for hydroxylation is 2. The van der Waals surface area contributed by atoms with Crippen LogP contribution in [0.3, 0.4) is 0 Å². The summed E-state index contributed by atoms with van der Waals surface area (Å²) >= 11 is 0. The summed E-state index contributed by atoms with van der Waals surface area (Å²) in [5, 5.41) is 7.77. The van der Waals surface area contributed by atoms with Gasteiger partial charge in [0.2, 0.25) is 0 Å². The van der Waals surface area contributed by atoms with Gasteiger partial charge in [-0.3, -0.25) is 9.78 Å². The van der Waals surface area contributed by atoms with E-state index in [0.717, 1.165) is 36.1 Å². The van der Waals surface area contributed by atoms with E-state index in [-0.39, 0.29) is 11.9 Å². The number of hydrogen-bond acceptors (Lipinski definition) is 3. The van der Waals surface area contributed by atoms with Crippen LogP contribution in [0.25, 0.3) is 5.69 Å². The van der Waals surface area contributed by atoms with Crippen LogP contribution in [0, 0.1) is 13.8 Å². The summed E-state index contributed by atoms with van der Waals surface area (Å²) in [7, 11) is 0. The van der Waals surface area contributed by atoms with Gasteiger partial charge in [0.05, 0.1) is 17.9 Å². The molecule has 0 aliphatic heterocycles. The lowest BCUT2D eigenvalue weighted by molar-refractivity contribution is 0.0927. The van der Waals surface area contributed by atoms with Crippen LogP contribution in [-0.2, 0) is 6.42 Å². The van der Waals surface area contributed by atoms with Crippen LogP contribution < -0.4 is 5.32 Å². The minimum atomic E-state index is -0.129. The van der Waals surface area contributed by atoms with Crippen molar-refractivity contribution >= 4 is 5.91 Å². The summed E-state index contributed by atoms with van der Waals surface area (Å²) in [6.45, 7) is 4.05. The standard InChI is InChI=1S/C21H22N4O/c1-14-10-11-22-18(12-14)21(26)24-17-7-5-9-20-16(17)13-23-25(20)19-8-4-3-6-15(19)2/h3-4,6,8,10-13,17H,5,7,9H2,1-2H3,(H,24,26). The smallest absolute Gasteiger partial charge is 0.270 e. The third-order valence-corrected chi connectivity index (χ3v) is 4.98. The summed E-state index contributed by atoms with van der Waals surface area (Å²) in [6.07, 6.45) is 6.49. The Bertz CT molecular complexity index is 960. The Morgan fingerprint density at radius 2 is 2.08 bits per heavy atom. The van der Waals surface area contributed by atoms with Gasteiger partial charge in [-0.05, 0) is 62.4 Å². The minimum absolute atomic E-state index is 0.0219. The van der Waals surface area contributed by atoms with Gasteiger partial charge in [-0.25, -0.2) is 4.68 Å². The third-order valence-electron chi connectivity index (χ3n) is 4.98. The molecule has 0 saturated heterocycles. The van der Waals surface area contributed by atoms with Crippen molar-refractivity contribution in [3.05, 3.63) is 76.9 Å². The molecule has 0 radical (unpaired) electrons. The number of para-hydroxylation sites is 1. The second-order valence-corrected chi connectivity index (χ2v) is 6.88. The zero-order valence-electron chi connectivity index (χ0n) is 15.1. The van der Waals surface area contributed by atoms with Gasteiger partial charge < -0.3 is 5.32 Å². The Labute approximate surface area is 153 Å². The van der Waals surface area contributed by atoms with E-state index in [1.165, 1.54) is 11.3 Å². The lowest BCUT2D eigenvalue weighted by Gasteiger charge is -2.24. The Kier molecular flexibility index (Phi) is 4.29. The molecule has 0 bridgehead atoms. The number of nitrogens with zero attached hydrogens (tertiary/aromatic N) is 3. The fraction of sp³-hybridized carbons (Fsp3) is 0.286. The molecule has 1 unspecified atom stereocenters. The topological polar surface area (TPSA) is 59.8 Å². The number of amides is 1. The van der Waals surface area contributed by atoms with Crippen LogP contribution in [0.4, 0.5) is 0 Å². The molecule has 132 valence electrons. The van der Waals surface area contributed by atoms with E-state index < -0.39 is 0 Å². The summed E-state index contributed by atoms with van der Waals surface area (Å²) in [5.41, 5.74) is 6.08. The van der Waals surface area contributed by atoms with Crippen molar-refractivity contribution in [2.75, 3.05) is 0 Å². The first-order chi connectivity index (χ1) is 12.6. The first kappa shape index (κ1) is 16.5. The van der Waals surface area contributed by atoms with Crippen molar-refractivity contribution in [2.45, 2.75) is 39.2 Å². The van der Waals surface area contributed by atoms with E-state index in [1.54, 1.807) is 6.20 Å². The van der Waals surface area contributed by atoms with Gasteiger partial charge in [-0.1, -0.05) is 18.2 Å². The van der Waals surface area contributed by atoms with Gasteiger partial charge in [0, 0.05) is 17.5 Å². The van der Waals surface area contributed by atoms with Crippen LogP contribution in [0.15, 0.2) is 48.8 Å². The third kappa shape index (κ3) is 3.01. The number of benzene rings is 1. The maximum atomic E-state index is 12.6. The zero-order valence-corrected chi connectivity index (χ0v) is 15.1. The highest BCUT2D eigenvalue weighted by atomic mass is 16.1. The van der Waals surface area contributed by atoms with Crippen molar-refractivity contribution in [3.63, 3.8) is 0 Å². The second-order valence-electron chi connectivity index (χ2n) is 6.88. The number of rotatable bonds is 3. The van der Waals surface area contributed by atoms with E-state index in [9.17, 15) is 4.79 Å². The Balaban J connectivity index is 1.63. The van der Waals surface area contributed by atoms with Crippen LogP contribution in [0.5, 0.6) is 0 Å². The number of hydrogen-bond donors (Lipinski definition) is 1. The second kappa shape index (κ2) is 6.75. The van der Waals surface area contributed by atoms with Crippen LogP contribution in [-0.4, -0.2) is 20.7 Å². The molecule has 0 fully saturated rings. The maximum absolute atomic E-state index is 12.6. The number of carbonyl (C=O) groups is 1. The Morgan fingerprint density at radius 1 is 1.23 bits per heavy atom. The molecular formula is C21H22N4O. The van der Waals surface area contributed by atoms with E-state index >= 15 is 0 Å². The van der Waals surface area contributed by atoms with Crippen molar-refractivity contribution in [1.82, 2.24) is 20.1 Å². The highest BCUT2D eigenvalue weighted by molar-refractivity contribution is 5.92. The van der Waals surface area contributed by atoms with Crippen molar-refractivity contribution in [1.29, 1.82) is 0 Å². The highest BCUT2D eigenvalue weighted by Gasteiger charge is 2.27. The first-order valence-corrected chi connectivity index (χ1v) is 9.00. The van der Waals surface area contributed by atoms with Crippen molar-refractivity contribution in [3.8, 4) is 5.69 Å². The normalized spacial score (nSPS) is 16.2. The van der Waals surface area contributed by atoms with Crippen LogP contribution in [0.2, 0.25) is 0 Å². The first-order valence-electron chi connectivity index (χ1n) is 9.00. The van der Waals surface area contributed by atoms with E-state index in [4.69, 9.17) is 0 Å². The van der Waals surface area contributed by atoms with Crippen molar-refractivity contribution in [2.24, 2.45) is 0 Å². The fourth-order valence-electron chi connectivity index (χ4n) is 3.61. The molecule has 1 aromatic carbocycles.